The molecule has 0 saturated carbocycles. The Kier molecular flexibility index (Phi) is 6.08. The largest absolute Gasteiger partial charge is 0.462 e. The number of hydrogen-bond acceptors (Lipinski definition) is 6. The van der Waals surface area contributed by atoms with E-state index >= 15 is 4.39 Å². The summed E-state index contributed by atoms with van der Waals surface area (Å²) in [5.74, 6) is -2.05. The fourth-order valence-corrected chi connectivity index (χ4v) is 3.82. The third kappa shape index (κ3) is 4.28. The summed E-state index contributed by atoms with van der Waals surface area (Å²) in [5.41, 5.74) is -0.442. The van der Waals surface area contributed by atoms with Crippen LogP contribution in [0.25, 0.3) is 16.7 Å². The fraction of sp³-hybridized carbons (Fsp3) is 0.304. The van der Waals surface area contributed by atoms with Gasteiger partial charge in [0.1, 0.15) is 11.4 Å². The second-order valence-corrected chi connectivity index (χ2v) is 7.60. The van der Waals surface area contributed by atoms with E-state index in [0.29, 0.717) is 31.9 Å². The minimum Gasteiger partial charge on any atom is -0.462 e. The van der Waals surface area contributed by atoms with Crippen molar-refractivity contribution < 1.29 is 23.1 Å². The molecule has 0 radical (unpaired) electrons. The molecule has 3 heterocycles. The van der Waals surface area contributed by atoms with Crippen molar-refractivity contribution in [2.45, 2.75) is 13.8 Å². The third-order valence-corrected chi connectivity index (χ3v) is 5.54. The first-order chi connectivity index (χ1) is 15.8. The van der Waals surface area contributed by atoms with Crippen LogP contribution in [0.1, 0.15) is 24.2 Å². The molecule has 3 aromatic rings. The van der Waals surface area contributed by atoms with Crippen molar-refractivity contribution in [2.24, 2.45) is 0 Å². The molecule has 4 rings (SSSR count). The summed E-state index contributed by atoms with van der Waals surface area (Å²) in [6.45, 7) is 4.73. The van der Waals surface area contributed by atoms with Crippen molar-refractivity contribution in [1.29, 1.82) is 0 Å². The van der Waals surface area contributed by atoms with Gasteiger partial charge in [-0.1, -0.05) is 0 Å². The maximum absolute atomic E-state index is 15.1. The molecule has 1 aliphatic rings. The predicted octanol–water partition coefficient (Wildman–Crippen LogP) is 2.51. The smallest absolute Gasteiger partial charge is 0.343 e. The molecular weight excluding hydrogens is 434 g/mol. The summed E-state index contributed by atoms with van der Waals surface area (Å²) in [6.07, 6.45) is 1.28. The molecule has 0 bridgehead atoms. The van der Waals surface area contributed by atoms with E-state index in [0.717, 1.165) is 6.07 Å². The van der Waals surface area contributed by atoms with Gasteiger partial charge in [0.25, 0.3) is 0 Å². The molecule has 0 unspecified atom stereocenters. The molecule has 2 aromatic heterocycles. The van der Waals surface area contributed by atoms with Crippen LogP contribution in [0.5, 0.6) is 0 Å². The molecule has 1 amide bonds. The summed E-state index contributed by atoms with van der Waals surface area (Å²) in [5, 5.41) is -0.103. The van der Waals surface area contributed by atoms with Crippen molar-refractivity contribution in [3.05, 3.63) is 63.9 Å². The summed E-state index contributed by atoms with van der Waals surface area (Å²) in [4.78, 5) is 44.8. The van der Waals surface area contributed by atoms with Crippen LogP contribution in [0, 0.1) is 11.6 Å². The zero-order valence-electron chi connectivity index (χ0n) is 18.2. The maximum Gasteiger partial charge on any atom is 0.343 e. The summed E-state index contributed by atoms with van der Waals surface area (Å²) >= 11 is 0. The standard InChI is InChI=1S/C23H22F2N4O4/c1-3-33-23(32)18-13-29(16-6-4-15(24)5-7-16)21-17(20(18)31)12-19(25)22(26-21)28-10-8-27(9-11-28)14(2)30/h4-7,12-13H,3,8-11H2,1-2H3. The second kappa shape index (κ2) is 8.97. The number of carbonyl (C=O) groups excluding carboxylic acids is 2. The summed E-state index contributed by atoms with van der Waals surface area (Å²) in [6, 6.07) is 6.44. The van der Waals surface area contributed by atoms with Gasteiger partial charge in [0.15, 0.2) is 17.3 Å². The van der Waals surface area contributed by atoms with Crippen molar-refractivity contribution >= 4 is 28.7 Å². The number of carbonyl (C=O) groups is 2. The number of nitrogens with zero attached hydrogens (tertiary/aromatic N) is 4. The Hall–Kier alpha value is -3.82. The highest BCUT2D eigenvalue weighted by atomic mass is 19.1. The number of aromatic nitrogens is 2. The number of anilines is 1. The monoisotopic (exact) mass is 456 g/mol. The Bertz CT molecular complexity index is 1280. The van der Waals surface area contributed by atoms with Crippen molar-refractivity contribution in [3.63, 3.8) is 0 Å². The van der Waals surface area contributed by atoms with Gasteiger partial charge in [-0.05, 0) is 37.3 Å². The lowest BCUT2D eigenvalue weighted by Gasteiger charge is -2.35. The number of hydrogen-bond donors (Lipinski definition) is 0. The highest BCUT2D eigenvalue weighted by Crippen LogP contribution is 2.25. The summed E-state index contributed by atoms with van der Waals surface area (Å²) < 4.78 is 35.0. The van der Waals surface area contributed by atoms with Gasteiger partial charge in [-0.2, -0.15) is 0 Å². The number of pyridine rings is 2. The molecule has 10 heteroatoms. The van der Waals surface area contributed by atoms with Crippen molar-refractivity contribution in [2.75, 3.05) is 37.7 Å². The molecule has 1 fully saturated rings. The summed E-state index contributed by atoms with van der Waals surface area (Å²) in [7, 11) is 0. The molecule has 1 aromatic carbocycles. The molecule has 8 nitrogen and oxygen atoms in total. The molecule has 0 atom stereocenters. The number of piperazine rings is 1. The topological polar surface area (TPSA) is 84.7 Å². The number of rotatable bonds is 4. The van der Waals surface area contributed by atoms with Crippen LogP contribution >= 0.6 is 0 Å². The van der Waals surface area contributed by atoms with Crippen LogP contribution in [0.2, 0.25) is 0 Å². The zero-order chi connectivity index (χ0) is 23.7. The van der Waals surface area contributed by atoms with E-state index in [-0.39, 0.29) is 34.9 Å². The minimum absolute atomic E-state index is 0.0323. The molecule has 1 saturated heterocycles. The van der Waals surface area contributed by atoms with Crippen LogP contribution in [0.15, 0.2) is 41.3 Å². The van der Waals surface area contributed by atoms with E-state index in [4.69, 9.17) is 4.74 Å². The van der Waals surface area contributed by atoms with Crippen LogP contribution in [-0.4, -0.2) is 59.1 Å². The predicted molar refractivity (Wildman–Crippen MR) is 118 cm³/mol. The molecule has 0 N–H and O–H groups in total. The second-order valence-electron chi connectivity index (χ2n) is 7.60. The van der Waals surface area contributed by atoms with Gasteiger partial charge < -0.3 is 19.1 Å². The first-order valence-electron chi connectivity index (χ1n) is 10.5. The molecule has 0 aliphatic carbocycles. The molecule has 1 aliphatic heterocycles. The van der Waals surface area contributed by atoms with Gasteiger partial charge in [-0.25, -0.2) is 18.6 Å². The van der Waals surface area contributed by atoms with Gasteiger partial charge in [-0.3, -0.25) is 9.59 Å². The lowest BCUT2D eigenvalue weighted by Crippen LogP contribution is -2.48. The average Bonchev–Trinajstić information content (AvgIpc) is 2.80. The highest BCUT2D eigenvalue weighted by molar-refractivity contribution is 5.94. The molecule has 172 valence electrons. The lowest BCUT2D eigenvalue weighted by atomic mass is 10.1. The van der Waals surface area contributed by atoms with Gasteiger partial charge in [0, 0.05) is 45.0 Å². The van der Waals surface area contributed by atoms with Crippen LogP contribution < -0.4 is 10.3 Å². The minimum atomic E-state index is -0.842. The number of halogens is 2. The van der Waals surface area contributed by atoms with Gasteiger partial charge in [0.2, 0.25) is 11.3 Å². The van der Waals surface area contributed by atoms with Crippen molar-refractivity contribution in [1.82, 2.24) is 14.5 Å². The SMILES string of the molecule is CCOC(=O)c1cn(-c2ccc(F)cc2)c2nc(N3CCN(C(C)=O)CC3)c(F)cc2c1=O. The van der Waals surface area contributed by atoms with Gasteiger partial charge >= 0.3 is 5.97 Å². The first kappa shape index (κ1) is 22.4. The van der Waals surface area contributed by atoms with Crippen LogP contribution in [0.4, 0.5) is 14.6 Å². The number of fused-ring (bicyclic) bond motifs is 1. The Morgan fingerprint density at radius 1 is 1.09 bits per heavy atom. The third-order valence-electron chi connectivity index (χ3n) is 5.54. The average molecular weight is 456 g/mol. The normalized spacial score (nSPS) is 13.9. The number of benzene rings is 1. The highest BCUT2D eigenvalue weighted by Gasteiger charge is 2.25. The van der Waals surface area contributed by atoms with E-state index in [2.05, 4.69) is 4.98 Å². The van der Waals surface area contributed by atoms with Crippen LogP contribution in [0.3, 0.4) is 0 Å². The lowest BCUT2D eigenvalue weighted by molar-refractivity contribution is -0.129. The zero-order valence-corrected chi connectivity index (χ0v) is 18.2. The van der Waals surface area contributed by atoms with E-state index in [1.54, 1.807) is 16.7 Å². The number of esters is 1. The van der Waals surface area contributed by atoms with Crippen molar-refractivity contribution in [3.8, 4) is 5.69 Å². The van der Waals surface area contributed by atoms with E-state index in [1.165, 1.54) is 42.0 Å². The Labute approximate surface area is 188 Å². The molecule has 33 heavy (non-hydrogen) atoms. The van der Waals surface area contributed by atoms with E-state index < -0.39 is 23.0 Å². The number of amides is 1. The quantitative estimate of drug-likeness (QED) is 0.561. The number of ether oxygens (including phenoxy) is 1. The maximum atomic E-state index is 15.1. The van der Waals surface area contributed by atoms with E-state index in [9.17, 15) is 18.8 Å². The first-order valence-corrected chi connectivity index (χ1v) is 10.5. The van der Waals surface area contributed by atoms with Gasteiger partial charge in [0.05, 0.1) is 12.0 Å². The van der Waals surface area contributed by atoms with Crippen LogP contribution in [-0.2, 0) is 9.53 Å². The molecular formula is C23H22F2N4O4. The van der Waals surface area contributed by atoms with Gasteiger partial charge in [-0.15, -0.1) is 0 Å². The Balaban J connectivity index is 1.89. The van der Waals surface area contributed by atoms with E-state index in [1.807, 2.05) is 0 Å². The fourth-order valence-electron chi connectivity index (χ4n) is 3.82. The molecule has 0 spiro atoms. The Morgan fingerprint density at radius 3 is 2.36 bits per heavy atom. The Morgan fingerprint density at radius 2 is 1.76 bits per heavy atom.